The average molecular weight is 642 g/mol. The van der Waals surface area contributed by atoms with Crippen LogP contribution in [0.3, 0.4) is 0 Å². The van der Waals surface area contributed by atoms with Gasteiger partial charge in [-0.05, 0) is 86.1 Å². The molecule has 0 unspecified atom stereocenters. The Morgan fingerprint density at radius 2 is 1.18 bits per heavy atom. The van der Waals surface area contributed by atoms with Gasteiger partial charge in [-0.15, -0.1) is 0 Å². The third-order valence-corrected chi connectivity index (χ3v) is 9.45. The molecule has 236 valence electrons. The Labute approximate surface area is 289 Å². The first-order chi connectivity index (χ1) is 24.7. The van der Waals surface area contributed by atoms with Gasteiger partial charge in [0.05, 0.1) is 6.54 Å². The molecule has 0 aliphatic carbocycles. The van der Waals surface area contributed by atoms with Gasteiger partial charge in [0.15, 0.2) is 11.7 Å². The van der Waals surface area contributed by atoms with Crippen LogP contribution in [0.2, 0.25) is 0 Å². The lowest BCUT2D eigenvalue weighted by Gasteiger charge is -2.11. The summed E-state index contributed by atoms with van der Waals surface area (Å²) in [4.78, 5) is 15.1. The van der Waals surface area contributed by atoms with E-state index in [0.29, 0.717) is 18.2 Å². The zero-order valence-corrected chi connectivity index (χ0v) is 27.3. The molecule has 0 amide bonds. The summed E-state index contributed by atoms with van der Waals surface area (Å²) >= 11 is 0. The highest BCUT2D eigenvalue weighted by molar-refractivity contribution is 6.23. The SMILES string of the molecule is C=N/C(=N\C(=N/Cc1cc2ccccc2c2ccccc12)c1ccc2ccccc2c1)c1cc(-c2ccccc2)cc2oc3ccccc3c12. The summed E-state index contributed by atoms with van der Waals surface area (Å²) in [5.41, 5.74) is 6.54. The number of para-hydroxylation sites is 1. The maximum atomic E-state index is 6.42. The minimum Gasteiger partial charge on any atom is -0.456 e. The Morgan fingerprint density at radius 3 is 2.00 bits per heavy atom. The molecule has 0 aliphatic heterocycles. The van der Waals surface area contributed by atoms with E-state index in [4.69, 9.17) is 14.4 Å². The second-order valence-corrected chi connectivity index (χ2v) is 12.5. The van der Waals surface area contributed by atoms with Gasteiger partial charge in [-0.3, -0.25) is 4.99 Å². The second kappa shape index (κ2) is 12.4. The van der Waals surface area contributed by atoms with Crippen LogP contribution in [-0.2, 0) is 6.54 Å². The third kappa shape index (κ3) is 5.24. The maximum absolute atomic E-state index is 6.42. The van der Waals surface area contributed by atoms with Gasteiger partial charge < -0.3 is 4.42 Å². The Morgan fingerprint density at radius 1 is 0.500 bits per heavy atom. The molecule has 0 bridgehead atoms. The van der Waals surface area contributed by atoms with Crippen LogP contribution >= 0.6 is 0 Å². The summed E-state index contributed by atoms with van der Waals surface area (Å²) < 4.78 is 6.42. The van der Waals surface area contributed by atoms with Crippen molar-refractivity contribution in [2.24, 2.45) is 15.0 Å². The molecule has 4 nitrogen and oxygen atoms in total. The molecular formula is C46H31N3O. The van der Waals surface area contributed by atoms with Crippen molar-refractivity contribution in [2.75, 3.05) is 0 Å². The van der Waals surface area contributed by atoms with E-state index >= 15 is 0 Å². The van der Waals surface area contributed by atoms with E-state index in [1.54, 1.807) is 0 Å². The normalized spacial score (nSPS) is 12.4. The molecule has 0 saturated carbocycles. The van der Waals surface area contributed by atoms with Crippen molar-refractivity contribution in [2.45, 2.75) is 6.54 Å². The van der Waals surface area contributed by atoms with Gasteiger partial charge in [0.2, 0.25) is 0 Å². The number of hydrogen-bond donors (Lipinski definition) is 0. The van der Waals surface area contributed by atoms with Crippen molar-refractivity contribution in [3.8, 4) is 11.1 Å². The summed E-state index contributed by atoms with van der Waals surface area (Å²) in [6.45, 7) is 4.47. The third-order valence-electron chi connectivity index (χ3n) is 9.45. The Kier molecular flexibility index (Phi) is 7.33. The van der Waals surface area contributed by atoms with E-state index in [0.717, 1.165) is 60.5 Å². The van der Waals surface area contributed by atoms with E-state index in [2.05, 4.69) is 139 Å². The maximum Gasteiger partial charge on any atom is 0.161 e. The number of rotatable bonds is 5. The topological polar surface area (TPSA) is 50.2 Å². The number of benzene rings is 8. The number of furan rings is 1. The van der Waals surface area contributed by atoms with E-state index in [9.17, 15) is 0 Å². The minimum absolute atomic E-state index is 0.440. The minimum atomic E-state index is 0.440. The van der Waals surface area contributed by atoms with Crippen LogP contribution < -0.4 is 0 Å². The number of fused-ring (bicyclic) bond motifs is 7. The largest absolute Gasteiger partial charge is 0.456 e. The summed E-state index contributed by atoms with van der Waals surface area (Å²) in [7, 11) is 0. The van der Waals surface area contributed by atoms with Crippen LogP contribution in [0, 0.1) is 0 Å². The van der Waals surface area contributed by atoms with E-state index in [1.807, 2.05) is 36.4 Å². The van der Waals surface area contributed by atoms with Gasteiger partial charge in [0.1, 0.15) is 11.2 Å². The molecule has 1 aromatic heterocycles. The summed E-state index contributed by atoms with van der Waals surface area (Å²) in [5.74, 6) is 1.07. The first-order valence-electron chi connectivity index (χ1n) is 16.7. The van der Waals surface area contributed by atoms with Gasteiger partial charge in [0.25, 0.3) is 0 Å². The van der Waals surface area contributed by atoms with Crippen molar-refractivity contribution in [1.82, 2.24) is 0 Å². The van der Waals surface area contributed by atoms with Crippen LogP contribution in [0.25, 0.3) is 65.4 Å². The van der Waals surface area contributed by atoms with Crippen LogP contribution in [-0.4, -0.2) is 18.4 Å². The molecule has 9 rings (SSSR count). The first-order valence-corrected chi connectivity index (χ1v) is 16.7. The smallest absolute Gasteiger partial charge is 0.161 e. The number of nitrogens with zero attached hydrogens (tertiary/aromatic N) is 3. The zero-order chi connectivity index (χ0) is 33.4. The predicted octanol–water partition coefficient (Wildman–Crippen LogP) is 11.8. The van der Waals surface area contributed by atoms with Gasteiger partial charge in [-0.25, -0.2) is 9.98 Å². The summed E-state index contributed by atoms with van der Waals surface area (Å²) in [6, 6.07) is 56.7. The fraction of sp³-hybridized carbons (Fsp3) is 0.0217. The fourth-order valence-corrected chi connectivity index (χ4v) is 7.05. The van der Waals surface area contributed by atoms with Gasteiger partial charge in [-0.2, -0.15) is 0 Å². The quantitative estimate of drug-likeness (QED) is 0.105. The molecule has 0 spiro atoms. The lowest BCUT2D eigenvalue weighted by Crippen LogP contribution is -2.06. The predicted molar refractivity (Wildman–Crippen MR) is 211 cm³/mol. The van der Waals surface area contributed by atoms with Crippen molar-refractivity contribution in [3.63, 3.8) is 0 Å². The van der Waals surface area contributed by atoms with Crippen molar-refractivity contribution >= 4 is 72.6 Å². The molecule has 50 heavy (non-hydrogen) atoms. The van der Waals surface area contributed by atoms with Gasteiger partial charge >= 0.3 is 0 Å². The monoisotopic (exact) mass is 641 g/mol. The van der Waals surface area contributed by atoms with Gasteiger partial charge in [-0.1, -0.05) is 133 Å². The molecule has 0 atom stereocenters. The van der Waals surface area contributed by atoms with Crippen molar-refractivity contribution in [1.29, 1.82) is 0 Å². The van der Waals surface area contributed by atoms with Crippen molar-refractivity contribution < 1.29 is 4.42 Å². The highest BCUT2D eigenvalue weighted by atomic mass is 16.3. The molecule has 9 aromatic rings. The lowest BCUT2D eigenvalue weighted by atomic mass is 9.97. The Balaban J connectivity index is 1.27. The highest BCUT2D eigenvalue weighted by Gasteiger charge is 2.18. The number of aliphatic imine (C=N–C) groups is 3. The highest BCUT2D eigenvalue weighted by Crippen LogP contribution is 2.36. The fourth-order valence-electron chi connectivity index (χ4n) is 7.05. The van der Waals surface area contributed by atoms with Gasteiger partial charge in [0, 0.05) is 21.9 Å². The van der Waals surface area contributed by atoms with Crippen LogP contribution in [0.5, 0.6) is 0 Å². The molecule has 0 radical (unpaired) electrons. The van der Waals surface area contributed by atoms with E-state index < -0.39 is 0 Å². The molecule has 0 aliphatic rings. The van der Waals surface area contributed by atoms with E-state index in [1.165, 1.54) is 21.5 Å². The number of amidine groups is 2. The van der Waals surface area contributed by atoms with Crippen LogP contribution in [0.15, 0.2) is 183 Å². The number of hydrogen-bond acceptors (Lipinski definition) is 2. The van der Waals surface area contributed by atoms with Crippen LogP contribution in [0.4, 0.5) is 0 Å². The average Bonchev–Trinajstić information content (AvgIpc) is 3.56. The molecule has 8 aromatic carbocycles. The summed E-state index contributed by atoms with van der Waals surface area (Å²) in [5, 5.41) is 9.04. The van der Waals surface area contributed by atoms with Crippen LogP contribution in [0.1, 0.15) is 16.7 Å². The zero-order valence-electron chi connectivity index (χ0n) is 27.3. The first kappa shape index (κ1) is 29.5. The molecule has 0 saturated heterocycles. The molecule has 4 heteroatoms. The van der Waals surface area contributed by atoms with E-state index in [-0.39, 0.29) is 0 Å². The molecule has 1 heterocycles. The Hall–Kier alpha value is -6.65. The lowest BCUT2D eigenvalue weighted by molar-refractivity contribution is 0.669. The Bertz CT molecular complexity index is 2810. The van der Waals surface area contributed by atoms with Crippen molar-refractivity contribution in [3.05, 3.63) is 180 Å². The standard InChI is InChI=1S/C46H31N3O/c1-47-46(41-27-35(30-13-3-2-4-14-30)28-43-44(41)40-21-11-12-22-42(40)50-43)49-45(34-24-23-31-15-5-6-16-32(31)25-34)48-29-36-26-33-17-7-8-18-37(33)39-20-10-9-19-38(36)39/h2-28H,1,29H2/b48-45-,49-46-. The molecule has 0 N–H and O–H groups in total. The summed E-state index contributed by atoms with van der Waals surface area (Å²) in [6.07, 6.45) is 0. The second-order valence-electron chi connectivity index (χ2n) is 12.5. The molecule has 0 fully saturated rings. The molecular weight excluding hydrogens is 611 g/mol.